The first-order valence-electron chi connectivity index (χ1n) is 7.71. The van der Waals surface area contributed by atoms with E-state index in [0.717, 1.165) is 47.8 Å². The first-order valence-corrected chi connectivity index (χ1v) is 8.47. The Morgan fingerprint density at radius 2 is 2.05 bits per heavy atom. The number of nitrogens with one attached hydrogen (secondary N) is 1. The number of halogens is 2. The molecular weight excluding hydrogens is 321 g/mol. The predicted molar refractivity (Wildman–Crippen MR) is 89.9 cm³/mol. The van der Waals surface area contributed by atoms with Gasteiger partial charge in [-0.2, -0.15) is 0 Å². The van der Waals surface area contributed by atoms with Gasteiger partial charge < -0.3 is 9.72 Å². The van der Waals surface area contributed by atoms with Gasteiger partial charge in [-0.1, -0.05) is 36.5 Å². The molecule has 22 heavy (non-hydrogen) atoms. The van der Waals surface area contributed by atoms with Crippen LogP contribution >= 0.6 is 23.2 Å². The van der Waals surface area contributed by atoms with Crippen molar-refractivity contribution in [3.63, 3.8) is 0 Å². The summed E-state index contributed by atoms with van der Waals surface area (Å²) in [6, 6.07) is 3.59. The molecule has 0 spiro atoms. The fourth-order valence-electron chi connectivity index (χ4n) is 3.67. The van der Waals surface area contributed by atoms with Gasteiger partial charge in [0.25, 0.3) is 0 Å². The van der Waals surface area contributed by atoms with Gasteiger partial charge in [0.15, 0.2) is 0 Å². The lowest BCUT2D eigenvalue weighted by molar-refractivity contribution is -0.150. The molecule has 0 radical (unpaired) electrons. The highest BCUT2D eigenvalue weighted by Gasteiger charge is 2.48. The molecule has 1 N–H and O–H groups in total. The van der Waals surface area contributed by atoms with Crippen LogP contribution in [0, 0.1) is 0 Å². The highest BCUT2D eigenvalue weighted by molar-refractivity contribution is 6.40. The Bertz CT molecular complexity index is 738. The number of aryl methyl sites for hydroxylation is 1. The number of aromatic amines is 1. The lowest BCUT2D eigenvalue weighted by Crippen LogP contribution is -2.35. The largest absolute Gasteiger partial charge is 0.465 e. The van der Waals surface area contributed by atoms with E-state index in [4.69, 9.17) is 27.9 Å². The molecule has 0 bridgehead atoms. The van der Waals surface area contributed by atoms with E-state index in [0.29, 0.717) is 16.7 Å². The Balaban J connectivity index is 2.23. The van der Waals surface area contributed by atoms with Crippen molar-refractivity contribution < 1.29 is 9.53 Å². The summed E-state index contributed by atoms with van der Waals surface area (Å²) in [5.41, 5.74) is 2.29. The van der Waals surface area contributed by atoms with Crippen LogP contribution in [-0.2, 0) is 21.4 Å². The summed E-state index contributed by atoms with van der Waals surface area (Å²) >= 11 is 12.7. The SMILES string of the molecule is CCCC1(C(=O)OCC)CCc2c1[nH]c1c(Cl)ccc(Cl)c21. The summed E-state index contributed by atoms with van der Waals surface area (Å²) in [6.45, 7) is 4.31. The van der Waals surface area contributed by atoms with Crippen LogP contribution in [0.5, 0.6) is 0 Å². The third-order valence-electron chi connectivity index (χ3n) is 4.58. The molecular formula is C17H19Cl2NO2. The van der Waals surface area contributed by atoms with E-state index < -0.39 is 5.41 Å². The molecule has 118 valence electrons. The Labute approximate surface area is 139 Å². The van der Waals surface area contributed by atoms with Crippen LogP contribution in [0.25, 0.3) is 10.9 Å². The molecule has 1 aliphatic carbocycles. The lowest BCUT2D eigenvalue weighted by Gasteiger charge is -2.26. The molecule has 0 saturated heterocycles. The maximum absolute atomic E-state index is 12.7. The predicted octanol–water partition coefficient (Wildman–Crippen LogP) is 5.02. The molecule has 3 nitrogen and oxygen atoms in total. The van der Waals surface area contributed by atoms with Crippen LogP contribution in [0.3, 0.4) is 0 Å². The highest BCUT2D eigenvalue weighted by Crippen LogP contribution is 2.48. The van der Waals surface area contributed by atoms with E-state index in [1.54, 1.807) is 6.07 Å². The Morgan fingerprint density at radius 3 is 2.73 bits per heavy atom. The van der Waals surface area contributed by atoms with Gasteiger partial charge >= 0.3 is 5.97 Å². The van der Waals surface area contributed by atoms with Gasteiger partial charge in [-0.05, 0) is 43.9 Å². The van der Waals surface area contributed by atoms with E-state index in [2.05, 4.69) is 11.9 Å². The summed E-state index contributed by atoms with van der Waals surface area (Å²) < 4.78 is 5.37. The minimum atomic E-state index is -0.591. The number of carbonyl (C=O) groups is 1. The second-order valence-electron chi connectivity index (χ2n) is 5.81. The van der Waals surface area contributed by atoms with E-state index in [9.17, 15) is 4.79 Å². The van der Waals surface area contributed by atoms with Crippen LogP contribution in [0.1, 0.15) is 44.4 Å². The van der Waals surface area contributed by atoms with Gasteiger partial charge in [0.05, 0.1) is 22.2 Å². The van der Waals surface area contributed by atoms with Gasteiger partial charge in [-0.3, -0.25) is 4.79 Å². The minimum Gasteiger partial charge on any atom is -0.465 e. The monoisotopic (exact) mass is 339 g/mol. The molecule has 0 aliphatic heterocycles. The molecule has 1 aliphatic rings. The molecule has 0 amide bonds. The molecule has 1 atom stereocenters. The zero-order chi connectivity index (χ0) is 15.9. The summed E-state index contributed by atoms with van der Waals surface area (Å²) in [4.78, 5) is 16.0. The number of esters is 1. The molecule has 0 saturated carbocycles. The number of hydrogen-bond donors (Lipinski definition) is 1. The van der Waals surface area contributed by atoms with Gasteiger partial charge in [0, 0.05) is 11.1 Å². The number of aromatic nitrogens is 1. The zero-order valence-corrected chi connectivity index (χ0v) is 14.3. The summed E-state index contributed by atoms with van der Waals surface area (Å²) in [5, 5.41) is 2.25. The molecule has 5 heteroatoms. The van der Waals surface area contributed by atoms with Crippen molar-refractivity contribution >= 4 is 40.1 Å². The lowest BCUT2D eigenvalue weighted by atomic mass is 9.81. The van der Waals surface area contributed by atoms with Crippen molar-refractivity contribution in [2.24, 2.45) is 0 Å². The van der Waals surface area contributed by atoms with Gasteiger partial charge in [-0.15, -0.1) is 0 Å². The molecule has 0 fully saturated rings. The van der Waals surface area contributed by atoms with E-state index >= 15 is 0 Å². The standard InChI is InChI=1S/C17H19Cl2NO2/c1-3-8-17(16(21)22-4-2)9-7-10-13-11(18)5-6-12(19)14(13)20-15(10)17/h5-6,20H,3-4,7-9H2,1-2H3. The Hall–Kier alpha value is -1.19. The number of ether oxygens (including phenoxy) is 1. The second kappa shape index (κ2) is 5.78. The third kappa shape index (κ3) is 2.14. The number of benzene rings is 1. The number of carbonyl (C=O) groups excluding carboxylic acids is 1. The molecule has 1 unspecified atom stereocenters. The van der Waals surface area contributed by atoms with Crippen LogP contribution in [0.4, 0.5) is 0 Å². The van der Waals surface area contributed by atoms with Crippen LogP contribution < -0.4 is 0 Å². The fraction of sp³-hybridized carbons (Fsp3) is 0.471. The first-order chi connectivity index (χ1) is 10.5. The van der Waals surface area contributed by atoms with Crippen LogP contribution in [-0.4, -0.2) is 17.6 Å². The average Bonchev–Trinajstić information content (AvgIpc) is 3.03. The smallest absolute Gasteiger partial charge is 0.318 e. The van der Waals surface area contributed by atoms with Gasteiger partial charge in [0.2, 0.25) is 0 Å². The third-order valence-corrected chi connectivity index (χ3v) is 5.21. The van der Waals surface area contributed by atoms with E-state index in [-0.39, 0.29) is 5.97 Å². The summed E-state index contributed by atoms with van der Waals surface area (Å²) in [7, 11) is 0. The maximum atomic E-state index is 12.7. The quantitative estimate of drug-likeness (QED) is 0.794. The van der Waals surface area contributed by atoms with Crippen molar-refractivity contribution in [3.05, 3.63) is 33.4 Å². The number of hydrogen-bond acceptors (Lipinski definition) is 2. The van der Waals surface area contributed by atoms with Crippen LogP contribution in [0.15, 0.2) is 12.1 Å². The van der Waals surface area contributed by atoms with Crippen LogP contribution in [0.2, 0.25) is 10.0 Å². The topological polar surface area (TPSA) is 42.1 Å². The minimum absolute atomic E-state index is 0.144. The average molecular weight is 340 g/mol. The molecule has 3 rings (SSSR count). The number of rotatable bonds is 4. The van der Waals surface area contributed by atoms with Crippen molar-refractivity contribution in [1.82, 2.24) is 4.98 Å². The zero-order valence-electron chi connectivity index (χ0n) is 12.8. The summed E-state index contributed by atoms with van der Waals surface area (Å²) in [5.74, 6) is -0.144. The van der Waals surface area contributed by atoms with E-state index in [1.165, 1.54) is 0 Å². The van der Waals surface area contributed by atoms with E-state index in [1.807, 2.05) is 13.0 Å². The van der Waals surface area contributed by atoms with Crippen molar-refractivity contribution in [1.29, 1.82) is 0 Å². The van der Waals surface area contributed by atoms with Crippen molar-refractivity contribution in [2.75, 3.05) is 6.61 Å². The van der Waals surface area contributed by atoms with Crippen molar-refractivity contribution in [2.45, 2.75) is 44.9 Å². The highest BCUT2D eigenvalue weighted by atomic mass is 35.5. The number of H-pyrrole nitrogens is 1. The number of fused-ring (bicyclic) bond motifs is 3. The normalized spacial score (nSPS) is 20.4. The fourth-order valence-corrected chi connectivity index (χ4v) is 4.14. The van der Waals surface area contributed by atoms with Gasteiger partial charge in [0.1, 0.15) is 5.41 Å². The Morgan fingerprint density at radius 1 is 1.32 bits per heavy atom. The summed E-state index contributed by atoms with van der Waals surface area (Å²) in [6.07, 6.45) is 3.25. The molecule has 1 aromatic carbocycles. The Kier molecular flexibility index (Phi) is 4.13. The van der Waals surface area contributed by atoms with Crippen molar-refractivity contribution in [3.8, 4) is 0 Å². The maximum Gasteiger partial charge on any atom is 0.318 e. The second-order valence-corrected chi connectivity index (χ2v) is 6.62. The molecule has 2 aromatic rings. The first kappa shape index (κ1) is 15.7. The molecule has 1 aromatic heterocycles. The van der Waals surface area contributed by atoms with Gasteiger partial charge in [-0.25, -0.2) is 0 Å². The molecule has 1 heterocycles.